The van der Waals surface area contributed by atoms with Gasteiger partial charge in [0.15, 0.2) is 6.10 Å². The van der Waals surface area contributed by atoms with Crippen LogP contribution in [-0.2, 0) is 20.7 Å². The lowest BCUT2D eigenvalue weighted by molar-refractivity contribution is -0.156. The highest BCUT2D eigenvalue weighted by Gasteiger charge is 2.23. The number of rotatable bonds is 10. The highest BCUT2D eigenvalue weighted by atomic mass is 16.6. The zero-order valence-corrected chi connectivity index (χ0v) is 19.0. The van der Waals surface area contributed by atoms with Crippen molar-refractivity contribution in [3.8, 4) is 16.9 Å². The predicted molar refractivity (Wildman–Crippen MR) is 127 cm³/mol. The lowest BCUT2D eigenvalue weighted by atomic mass is 10.1. The number of nitrogens with zero attached hydrogens (tertiary/aromatic N) is 2. The molecule has 1 aliphatic carbocycles. The second-order valence-electron chi connectivity index (χ2n) is 7.64. The van der Waals surface area contributed by atoms with E-state index in [1.807, 2.05) is 68.1 Å². The van der Waals surface area contributed by atoms with Crippen LogP contribution in [0.2, 0.25) is 0 Å². The first-order chi connectivity index (χ1) is 16.2. The number of hydrogen-bond acceptors (Lipinski definition) is 6. The molecule has 2 heterocycles. The Hall–Kier alpha value is -3.51. The number of hydrogen-bond donors (Lipinski definition) is 0. The summed E-state index contributed by atoms with van der Waals surface area (Å²) in [5.74, 6) is 0.463. The zero-order valence-electron chi connectivity index (χ0n) is 19.0. The van der Waals surface area contributed by atoms with Crippen LogP contribution in [-0.4, -0.2) is 41.9 Å². The van der Waals surface area contributed by atoms with Crippen LogP contribution in [0.3, 0.4) is 0 Å². The summed E-state index contributed by atoms with van der Waals surface area (Å²) in [6, 6.07) is 11.9. The molecule has 1 unspecified atom stereocenters. The first-order valence-corrected chi connectivity index (χ1v) is 11.3. The maximum atomic E-state index is 12.1. The molecular weight excluding hydrogens is 416 g/mol. The molecule has 6 heteroatoms. The molecule has 0 aliphatic heterocycles. The van der Waals surface area contributed by atoms with Gasteiger partial charge in [0.25, 0.3) is 0 Å². The van der Waals surface area contributed by atoms with E-state index < -0.39 is 6.10 Å². The Kier molecular flexibility index (Phi) is 7.47. The minimum absolute atomic E-state index is 0.326. The predicted octanol–water partition coefficient (Wildman–Crippen LogP) is 4.87. The summed E-state index contributed by atoms with van der Waals surface area (Å²) in [5.41, 5.74) is 6.80. The largest absolute Gasteiger partial charge is 0.493 e. The Balaban J connectivity index is 1.35. The van der Waals surface area contributed by atoms with Crippen molar-refractivity contribution in [1.82, 2.24) is 9.97 Å². The van der Waals surface area contributed by atoms with E-state index in [1.165, 1.54) is 11.1 Å². The maximum Gasteiger partial charge on any atom is 0.335 e. The molecule has 1 aliphatic rings. The SMILES string of the molecule is CCOC(=O)C(Cc1ccc(OCCC=C2c3cnccc3-c3ccncc32)cc1)OCC. The Morgan fingerprint density at radius 1 is 0.909 bits per heavy atom. The minimum Gasteiger partial charge on any atom is -0.493 e. The van der Waals surface area contributed by atoms with E-state index in [9.17, 15) is 4.79 Å². The van der Waals surface area contributed by atoms with Gasteiger partial charge < -0.3 is 14.2 Å². The summed E-state index contributed by atoms with van der Waals surface area (Å²) in [6.45, 7) is 5.02. The Morgan fingerprint density at radius 3 is 2.18 bits per heavy atom. The number of pyridine rings is 2. The summed E-state index contributed by atoms with van der Waals surface area (Å²) in [4.78, 5) is 20.6. The van der Waals surface area contributed by atoms with Crippen LogP contribution in [0, 0.1) is 0 Å². The molecule has 33 heavy (non-hydrogen) atoms. The molecule has 6 nitrogen and oxygen atoms in total. The van der Waals surface area contributed by atoms with Gasteiger partial charge in [-0.05, 0) is 60.4 Å². The van der Waals surface area contributed by atoms with Crippen LogP contribution in [0.15, 0.2) is 67.3 Å². The van der Waals surface area contributed by atoms with Gasteiger partial charge in [-0.25, -0.2) is 4.79 Å². The van der Waals surface area contributed by atoms with Crippen molar-refractivity contribution < 1.29 is 19.0 Å². The average Bonchev–Trinajstić information content (AvgIpc) is 3.16. The third kappa shape index (κ3) is 5.29. The number of benzene rings is 1. The minimum atomic E-state index is -0.588. The molecule has 0 spiro atoms. The van der Waals surface area contributed by atoms with Crippen molar-refractivity contribution in [2.24, 2.45) is 0 Å². The van der Waals surface area contributed by atoms with Crippen molar-refractivity contribution in [1.29, 1.82) is 0 Å². The van der Waals surface area contributed by atoms with Gasteiger partial charge in [0.1, 0.15) is 5.75 Å². The van der Waals surface area contributed by atoms with Gasteiger partial charge in [0.2, 0.25) is 0 Å². The third-order valence-corrected chi connectivity index (χ3v) is 5.51. The molecule has 170 valence electrons. The van der Waals surface area contributed by atoms with Gasteiger partial charge in [-0.3, -0.25) is 9.97 Å². The molecule has 1 aromatic carbocycles. The van der Waals surface area contributed by atoms with Crippen LogP contribution >= 0.6 is 0 Å². The van der Waals surface area contributed by atoms with E-state index in [4.69, 9.17) is 14.2 Å². The number of carbonyl (C=O) groups excluding carboxylic acids is 1. The fourth-order valence-corrected chi connectivity index (χ4v) is 4.02. The van der Waals surface area contributed by atoms with Crippen molar-refractivity contribution in [2.45, 2.75) is 32.8 Å². The number of aromatic nitrogens is 2. The van der Waals surface area contributed by atoms with Gasteiger partial charge in [0, 0.05) is 55.4 Å². The summed E-state index contributed by atoms with van der Waals surface area (Å²) < 4.78 is 16.6. The molecule has 2 aromatic heterocycles. The number of ether oxygens (including phenoxy) is 3. The van der Waals surface area contributed by atoms with Crippen molar-refractivity contribution in [2.75, 3.05) is 19.8 Å². The van der Waals surface area contributed by atoms with Crippen LogP contribution in [0.25, 0.3) is 16.7 Å². The number of fused-ring (bicyclic) bond motifs is 3. The molecule has 0 N–H and O–H groups in total. The van der Waals surface area contributed by atoms with Crippen molar-refractivity contribution >= 4 is 11.5 Å². The van der Waals surface area contributed by atoms with E-state index >= 15 is 0 Å². The highest BCUT2D eigenvalue weighted by Crippen LogP contribution is 2.43. The third-order valence-electron chi connectivity index (χ3n) is 5.51. The molecule has 0 saturated heterocycles. The Bertz CT molecular complexity index is 1080. The van der Waals surface area contributed by atoms with E-state index in [0.717, 1.165) is 34.4 Å². The molecular formula is C27H28N2O4. The van der Waals surface area contributed by atoms with Crippen LogP contribution in [0.5, 0.6) is 5.75 Å². The van der Waals surface area contributed by atoms with Gasteiger partial charge in [0.05, 0.1) is 13.2 Å². The molecule has 3 aromatic rings. The van der Waals surface area contributed by atoms with E-state index in [-0.39, 0.29) is 5.97 Å². The summed E-state index contributed by atoms with van der Waals surface area (Å²) in [6.07, 6.45) is 10.3. The number of carbonyl (C=O) groups is 1. The maximum absolute atomic E-state index is 12.1. The lowest BCUT2D eigenvalue weighted by Gasteiger charge is -2.15. The summed E-state index contributed by atoms with van der Waals surface area (Å²) >= 11 is 0. The molecule has 0 bridgehead atoms. The Labute approximate surface area is 194 Å². The molecule has 1 atom stereocenters. The van der Waals surface area contributed by atoms with Crippen LogP contribution in [0.4, 0.5) is 0 Å². The second kappa shape index (κ2) is 10.9. The molecule has 0 fully saturated rings. The van der Waals surface area contributed by atoms with Crippen molar-refractivity contribution in [3.63, 3.8) is 0 Å². The molecule has 0 radical (unpaired) electrons. The molecule has 0 saturated carbocycles. The average molecular weight is 445 g/mol. The standard InChI is InChI=1S/C27H28N2O4/c1-3-31-26(27(30)32-4-2)16-19-7-9-20(10-8-19)33-15-5-6-21-24-17-28-13-11-22(24)23-12-14-29-18-25(21)23/h6-14,17-18,26H,3-5,15-16H2,1-2H3. The second-order valence-corrected chi connectivity index (χ2v) is 7.64. The number of esters is 1. The normalized spacial score (nSPS) is 12.6. The van der Waals surface area contributed by atoms with Crippen LogP contribution in [0.1, 0.15) is 37.0 Å². The van der Waals surface area contributed by atoms with E-state index in [2.05, 4.69) is 16.0 Å². The summed E-state index contributed by atoms with van der Waals surface area (Å²) in [5, 5.41) is 0. The fraction of sp³-hybridized carbons (Fsp3) is 0.296. The topological polar surface area (TPSA) is 70.5 Å². The lowest BCUT2D eigenvalue weighted by Crippen LogP contribution is -2.28. The monoisotopic (exact) mass is 444 g/mol. The first kappa shape index (κ1) is 22.7. The smallest absolute Gasteiger partial charge is 0.335 e. The molecule has 0 amide bonds. The Morgan fingerprint density at radius 2 is 1.58 bits per heavy atom. The first-order valence-electron chi connectivity index (χ1n) is 11.3. The molecule has 4 rings (SSSR count). The van der Waals surface area contributed by atoms with Gasteiger partial charge >= 0.3 is 5.97 Å². The van der Waals surface area contributed by atoms with Crippen molar-refractivity contribution in [3.05, 3.63) is 84.0 Å². The highest BCUT2D eigenvalue weighted by molar-refractivity contribution is 6.00. The van der Waals surface area contributed by atoms with Gasteiger partial charge in [-0.15, -0.1) is 0 Å². The summed E-state index contributed by atoms with van der Waals surface area (Å²) in [7, 11) is 0. The van der Waals surface area contributed by atoms with Gasteiger partial charge in [-0.1, -0.05) is 18.2 Å². The zero-order chi connectivity index (χ0) is 23.0. The fourth-order valence-electron chi connectivity index (χ4n) is 4.02. The van der Waals surface area contributed by atoms with Gasteiger partial charge in [-0.2, -0.15) is 0 Å². The van der Waals surface area contributed by atoms with E-state index in [0.29, 0.717) is 26.2 Å². The van der Waals surface area contributed by atoms with Crippen LogP contribution < -0.4 is 4.74 Å². The van der Waals surface area contributed by atoms with E-state index in [1.54, 1.807) is 6.92 Å². The quantitative estimate of drug-likeness (QED) is 0.257.